The Balaban J connectivity index is 2.08. The first-order valence-corrected chi connectivity index (χ1v) is 6.48. The van der Waals surface area contributed by atoms with Gasteiger partial charge in [-0.15, -0.1) is 11.3 Å². The number of aryl methyl sites for hydroxylation is 1. The summed E-state index contributed by atoms with van der Waals surface area (Å²) in [5.41, 5.74) is 1.77. The van der Waals surface area contributed by atoms with E-state index in [1.807, 2.05) is 36.7 Å². The van der Waals surface area contributed by atoms with Crippen LogP contribution in [0.1, 0.15) is 16.3 Å². The number of fused-ring (bicyclic) bond motifs is 1. The monoisotopic (exact) mass is 250 g/mol. The summed E-state index contributed by atoms with van der Waals surface area (Å²) in [5, 5.41) is 5.25. The quantitative estimate of drug-likeness (QED) is 0.571. The van der Waals surface area contributed by atoms with E-state index in [-0.39, 0.29) is 0 Å². The summed E-state index contributed by atoms with van der Waals surface area (Å²) in [6.07, 6.45) is 3.65. The molecule has 0 bridgehead atoms. The van der Waals surface area contributed by atoms with Gasteiger partial charge in [-0.3, -0.25) is 4.98 Å². The molecule has 18 heavy (non-hydrogen) atoms. The van der Waals surface area contributed by atoms with E-state index >= 15 is 0 Å². The minimum absolute atomic E-state index is 0.824. The molecule has 0 N–H and O–H groups in total. The summed E-state index contributed by atoms with van der Waals surface area (Å²) >= 11 is 1.61. The number of thiazole rings is 1. The van der Waals surface area contributed by atoms with E-state index in [1.54, 1.807) is 17.5 Å². The third-order valence-corrected chi connectivity index (χ3v) is 3.39. The van der Waals surface area contributed by atoms with E-state index in [4.69, 9.17) is 0 Å². The Morgan fingerprint density at radius 3 is 2.83 bits per heavy atom. The molecular weight excluding hydrogens is 240 g/mol. The first-order valence-electron chi connectivity index (χ1n) is 5.60. The van der Waals surface area contributed by atoms with Gasteiger partial charge in [0.25, 0.3) is 0 Å². The number of pyridine rings is 1. The number of rotatable bonds is 0. The van der Waals surface area contributed by atoms with Crippen LogP contribution < -0.4 is 0 Å². The van der Waals surface area contributed by atoms with Crippen molar-refractivity contribution in [2.24, 2.45) is 0 Å². The molecule has 0 aliphatic carbocycles. The molecule has 0 aliphatic heterocycles. The van der Waals surface area contributed by atoms with Gasteiger partial charge in [0.05, 0.1) is 10.6 Å². The molecule has 0 radical (unpaired) electrons. The molecule has 0 atom stereocenters. The molecule has 0 amide bonds. The van der Waals surface area contributed by atoms with E-state index in [1.165, 1.54) is 0 Å². The lowest BCUT2D eigenvalue weighted by molar-refractivity contribution is 1.27. The zero-order chi connectivity index (χ0) is 12.4. The van der Waals surface area contributed by atoms with Crippen LogP contribution in [0.5, 0.6) is 0 Å². The number of hydrogen-bond acceptors (Lipinski definition) is 3. The first-order chi connectivity index (χ1) is 8.83. The van der Waals surface area contributed by atoms with Crippen molar-refractivity contribution in [1.29, 1.82) is 0 Å². The molecule has 2 nitrogen and oxygen atoms in total. The van der Waals surface area contributed by atoms with Gasteiger partial charge in [-0.2, -0.15) is 0 Å². The fourth-order valence-corrected chi connectivity index (χ4v) is 2.31. The van der Waals surface area contributed by atoms with Crippen molar-refractivity contribution in [2.75, 3.05) is 0 Å². The molecule has 0 saturated heterocycles. The molecule has 0 aliphatic rings. The fourth-order valence-electron chi connectivity index (χ4n) is 1.77. The third-order valence-electron chi connectivity index (χ3n) is 2.61. The van der Waals surface area contributed by atoms with Crippen LogP contribution in [0, 0.1) is 18.8 Å². The van der Waals surface area contributed by atoms with Gasteiger partial charge >= 0.3 is 0 Å². The summed E-state index contributed by atoms with van der Waals surface area (Å²) in [4.78, 5) is 8.54. The SMILES string of the molecule is Cc1nc(C#Cc2cncc3ccccc23)cs1. The predicted octanol–water partition coefficient (Wildman–Crippen LogP) is 3.40. The van der Waals surface area contributed by atoms with Gasteiger partial charge in [-0.05, 0) is 12.8 Å². The highest BCUT2D eigenvalue weighted by Gasteiger charge is 1.98. The van der Waals surface area contributed by atoms with Crippen molar-refractivity contribution in [3.63, 3.8) is 0 Å². The highest BCUT2D eigenvalue weighted by molar-refractivity contribution is 7.09. The minimum atomic E-state index is 0.824. The highest BCUT2D eigenvalue weighted by Crippen LogP contribution is 2.16. The topological polar surface area (TPSA) is 25.8 Å². The van der Waals surface area contributed by atoms with E-state index in [0.717, 1.165) is 27.0 Å². The maximum atomic E-state index is 4.33. The molecule has 0 saturated carbocycles. The third kappa shape index (κ3) is 2.11. The molecular formula is C15H10N2S. The highest BCUT2D eigenvalue weighted by atomic mass is 32.1. The van der Waals surface area contributed by atoms with Crippen LogP contribution in [0.25, 0.3) is 10.8 Å². The summed E-state index contributed by atoms with van der Waals surface area (Å²) in [7, 11) is 0. The molecule has 2 aromatic heterocycles. The number of aromatic nitrogens is 2. The Hall–Kier alpha value is -2.18. The second kappa shape index (κ2) is 4.59. The second-order valence-electron chi connectivity index (χ2n) is 3.91. The largest absolute Gasteiger partial charge is 0.263 e. The summed E-state index contributed by atoms with van der Waals surface area (Å²) in [6.45, 7) is 1.98. The maximum absolute atomic E-state index is 4.33. The lowest BCUT2D eigenvalue weighted by Gasteiger charge is -1.98. The van der Waals surface area contributed by atoms with Gasteiger partial charge < -0.3 is 0 Å². The average Bonchev–Trinajstić information content (AvgIpc) is 2.82. The van der Waals surface area contributed by atoms with Gasteiger partial charge in [0.1, 0.15) is 5.69 Å². The Kier molecular flexibility index (Phi) is 2.79. The zero-order valence-electron chi connectivity index (χ0n) is 9.84. The lowest BCUT2D eigenvalue weighted by Crippen LogP contribution is -1.82. The molecule has 2 heterocycles. The Morgan fingerprint density at radius 2 is 2.00 bits per heavy atom. The molecule has 3 rings (SSSR count). The maximum Gasteiger partial charge on any atom is 0.124 e. The normalized spacial score (nSPS) is 10.1. The standard InChI is InChI=1S/C15H10N2S/c1-11-17-14(10-18-11)7-6-13-9-16-8-12-4-2-3-5-15(12)13/h2-5,8-10H,1H3. The predicted molar refractivity (Wildman–Crippen MR) is 74.6 cm³/mol. The van der Waals surface area contributed by atoms with Crippen molar-refractivity contribution < 1.29 is 0 Å². The zero-order valence-corrected chi connectivity index (χ0v) is 10.7. The minimum Gasteiger partial charge on any atom is -0.263 e. The van der Waals surface area contributed by atoms with Gasteiger partial charge in [0.15, 0.2) is 0 Å². The van der Waals surface area contributed by atoms with Crippen LogP contribution in [0.3, 0.4) is 0 Å². The first kappa shape index (κ1) is 10.9. The van der Waals surface area contributed by atoms with Crippen molar-refractivity contribution in [2.45, 2.75) is 6.92 Å². The molecule has 0 unspecified atom stereocenters. The van der Waals surface area contributed by atoms with E-state index in [2.05, 4.69) is 27.9 Å². The summed E-state index contributed by atoms with van der Waals surface area (Å²) < 4.78 is 0. The Morgan fingerprint density at radius 1 is 1.11 bits per heavy atom. The van der Waals surface area contributed by atoms with Crippen LogP contribution in [-0.4, -0.2) is 9.97 Å². The van der Waals surface area contributed by atoms with E-state index in [0.29, 0.717) is 0 Å². The van der Waals surface area contributed by atoms with Gasteiger partial charge in [-0.1, -0.05) is 30.2 Å². The van der Waals surface area contributed by atoms with Crippen molar-refractivity contribution >= 4 is 22.1 Å². The van der Waals surface area contributed by atoms with Crippen LogP contribution in [0.4, 0.5) is 0 Å². The molecule has 86 valence electrons. The van der Waals surface area contributed by atoms with E-state index in [9.17, 15) is 0 Å². The summed E-state index contributed by atoms with van der Waals surface area (Å²) in [6, 6.07) is 8.12. The Bertz CT molecular complexity index is 757. The van der Waals surface area contributed by atoms with Gasteiger partial charge in [0.2, 0.25) is 0 Å². The van der Waals surface area contributed by atoms with Crippen LogP contribution >= 0.6 is 11.3 Å². The number of hydrogen-bond donors (Lipinski definition) is 0. The summed E-state index contributed by atoms with van der Waals surface area (Å²) in [5.74, 6) is 6.23. The Labute approximate surface area is 109 Å². The van der Waals surface area contributed by atoms with Gasteiger partial charge in [-0.25, -0.2) is 4.98 Å². The molecule has 3 aromatic rings. The van der Waals surface area contributed by atoms with Crippen LogP contribution in [0.2, 0.25) is 0 Å². The smallest absolute Gasteiger partial charge is 0.124 e. The molecule has 1 aromatic carbocycles. The van der Waals surface area contributed by atoms with Gasteiger partial charge in [0, 0.05) is 28.5 Å². The number of nitrogens with zero attached hydrogens (tertiary/aromatic N) is 2. The second-order valence-corrected chi connectivity index (χ2v) is 4.97. The average molecular weight is 250 g/mol. The van der Waals surface area contributed by atoms with Crippen LogP contribution in [0.15, 0.2) is 42.0 Å². The van der Waals surface area contributed by atoms with Crippen molar-refractivity contribution in [3.8, 4) is 11.8 Å². The molecule has 0 fully saturated rings. The molecule has 3 heteroatoms. The van der Waals surface area contributed by atoms with Crippen LogP contribution in [-0.2, 0) is 0 Å². The van der Waals surface area contributed by atoms with Crippen molar-refractivity contribution in [1.82, 2.24) is 9.97 Å². The van der Waals surface area contributed by atoms with E-state index < -0.39 is 0 Å². The molecule has 0 spiro atoms. The lowest BCUT2D eigenvalue weighted by atomic mass is 10.1. The fraction of sp³-hybridized carbons (Fsp3) is 0.0667. The number of benzene rings is 1. The van der Waals surface area contributed by atoms with Crippen molar-refractivity contribution in [3.05, 3.63) is 58.3 Å².